The molecule has 1 saturated heterocycles. The fourth-order valence-electron chi connectivity index (χ4n) is 4.94. The van der Waals surface area contributed by atoms with Gasteiger partial charge in [0.15, 0.2) is 0 Å². The molecule has 36 heavy (non-hydrogen) atoms. The van der Waals surface area contributed by atoms with Crippen LogP contribution in [-0.2, 0) is 9.53 Å². The Balaban J connectivity index is 1.48. The van der Waals surface area contributed by atoms with Crippen LogP contribution in [-0.4, -0.2) is 42.5 Å². The van der Waals surface area contributed by atoms with Gasteiger partial charge in [-0.05, 0) is 54.3 Å². The van der Waals surface area contributed by atoms with Gasteiger partial charge in [0.2, 0.25) is 5.91 Å². The number of para-hydroxylation sites is 1. The number of rotatable bonds is 8. The van der Waals surface area contributed by atoms with E-state index in [1.165, 1.54) is 0 Å². The van der Waals surface area contributed by atoms with E-state index in [9.17, 15) is 9.59 Å². The molecule has 0 saturated carbocycles. The third-order valence-electron chi connectivity index (χ3n) is 6.81. The van der Waals surface area contributed by atoms with Crippen LogP contribution < -0.4 is 4.90 Å². The summed E-state index contributed by atoms with van der Waals surface area (Å²) in [6.07, 6.45) is 0.960. The van der Waals surface area contributed by atoms with Crippen LogP contribution in [0.5, 0.6) is 0 Å². The first kappa shape index (κ1) is 26.1. The van der Waals surface area contributed by atoms with Gasteiger partial charge in [-0.1, -0.05) is 78.3 Å². The summed E-state index contributed by atoms with van der Waals surface area (Å²) in [4.78, 5) is 30.2. The molecule has 1 fully saturated rings. The lowest BCUT2D eigenvalue weighted by molar-refractivity contribution is -0.119. The largest absolute Gasteiger partial charge is 0.453 e. The minimum absolute atomic E-state index is 0.136. The number of amides is 1. The van der Waals surface area contributed by atoms with Crippen molar-refractivity contribution in [3.05, 3.63) is 101 Å². The Morgan fingerprint density at radius 2 is 1.64 bits per heavy atom. The number of halogens is 1. The molecule has 0 unspecified atom stereocenters. The lowest BCUT2D eigenvalue weighted by atomic mass is 9.91. The van der Waals surface area contributed by atoms with Crippen LogP contribution in [0.4, 0.5) is 5.69 Å². The number of ether oxygens (including phenoxy) is 1. The van der Waals surface area contributed by atoms with Gasteiger partial charge in [0.25, 0.3) is 0 Å². The molecule has 0 N–H and O–H groups in total. The van der Waals surface area contributed by atoms with E-state index in [1.807, 2.05) is 84.6 Å². The first-order valence-corrected chi connectivity index (χ1v) is 13.4. The van der Waals surface area contributed by atoms with Gasteiger partial charge in [-0.25, -0.2) is 4.79 Å². The fourth-order valence-corrected chi connectivity index (χ4v) is 5.21. The van der Waals surface area contributed by atoms with Crippen molar-refractivity contribution < 1.29 is 14.3 Å². The summed E-state index contributed by atoms with van der Waals surface area (Å²) < 4.78 is 6.96. The van der Waals surface area contributed by atoms with Gasteiger partial charge in [-0.3, -0.25) is 9.69 Å². The quantitative estimate of drug-likeness (QED) is 0.301. The van der Waals surface area contributed by atoms with Gasteiger partial charge in [0, 0.05) is 42.3 Å². The fraction of sp³-hybridized carbons (Fsp3) is 0.333. The minimum atomic E-state index is -0.381. The van der Waals surface area contributed by atoms with Crippen LogP contribution in [0.2, 0.25) is 0 Å². The Hall–Kier alpha value is -2.96. The molecule has 3 atom stereocenters. The smallest absolute Gasteiger partial charge is 0.338 e. The van der Waals surface area contributed by atoms with Crippen LogP contribution in [0.1, 0.15) is 48.7 Å². The lowest BCUT2D eigenvalue weighted by Gasteiger charge is -2.43. The first-order chi connectivity index (χ1) is 17.5. The van der Waals surface area contributed by atoms with Crippen LogP contribution in [0.3, 0.4) is 0 Å². The molecule has 3 aromatic carbocycles. The molecule has 1 aliphatic heterocycles. The number of hydrogen-bond acceptors (Lipinski definition) is 4. The molecule has 4 rings (SSSR count). The predicted molar refractivity (Wildman–Crippen MR) is 147 cm³/mol. The Kier molecular flexibility index (Phi) is 8.94. The van der Waals surface area contributed by atoms with Crippen molar-refractivity contribution in [2.45, 2.75) is 38.8 Å². The Bertz CT molecular complexity index is 1140. The van der Waals surface area contributed by atoms with Crippen molar-refractivity contribution in [3.63, 3.8) is 0 Å². The number of hydrogen-bond donors (Lipinski definition) is 0. The van der Waals surface area contributed by atoms with Crippen LogP contribution in [0, 0.1) is 5.92 Å². The molecule has 5 nitrogen and oxygen atoms in total. The van der Waals surface area contributed by atoms with Crippen molar-refractivity contribution >= 4 is 33.5 Å². The maximum absolute atomic E-state index is 13.0. The van der Waals surface area contributed by atoms with Crippen molar-refractivity contribution in [1.82, 2.24) is 4.90 Å². The average Bonchev–Trinajstić information content (AvgIpc) is 2.91. The van der Waals surface area contributed by atoms with E-state index in [4.69, 9.17) is 4.74 Å². The molecule has 0 spiro atoms. The maximum Gasteiger partial charge on any atom is 0.338 e. The van der Waals surface area contributed by atoms with E-state index in [2.05, 4.69) is 27.8 Å². The molecule has 0 radical (unpaired) electrons. The van der Waals surface area contributed by atoms with Crippen LogP contribution in [0.15, 0.2) is 89.4 Å². The summed E-state index contributed by atoms with van der Waals surface area (Å²) in [5, 5.41) is 0. The van der Waals surface area contributed by atoms with Crippen molar-refractivity contribution in [2.75, 3.05) is 24.5 Å². The topological polar surface area (TPSA) is 49.9 Å². The second-order valence-corrected chi connectivity index (χ2v) is 10.3. The van der Waals surface area contributed by atoms with Gasteiger partial charge in [-0.15, -0.1) is 0 Å². The first-order valence-electron chi connectivity index (χ1n) is 12.6. The molecule has 1 aliphatic rings. The third-order valence-corrected chi connectivity index (χ3v) is 7.33. The van der Waals surface area contributed by atoms with Gasteiger partial charge in [0.1, 0.15) is 6.10 Å². The second kappa shape index (κ2) is 12.3. The zero-order chi connectivity index (χ0) is 25.5. The summed E-state index contributed by atoms with van der Waals surface area (Å²) >= 11 is 3.41. The van der Waals surface area contributed by atoms with Crippen molar-refractivity contribution in [3.8, 4) is 0 Å². The van der Waals surface area contributed by atoms with Crippen LogP contribution >= 0.6 is 15.9 Å². The Labute approximate surface area is 222 Å². The number of carbonyl (C=O) groups is 2. The standard InChI is InChI=1S/C30H33BrN2O3/c1-3-29(34)33(26-12-8-5-9-13-26)27-18-19-32(20-22(27)2)21-28(23-10-6-4-7-11-23)36-30(35)24-14-16-25(31)17-15-24/h4-17,22,27-28H,3,18-21H2,1-2H3/t22-,27+,28+/m1/s1. The zero-order valence-electron chi connectivity index (χ0n) is 20.8. The number of esters is 1. The molecule has 188 valence electrons. The zero-order valence-corrected chi connectivity index (χ0v) is 22.4. The number of nitrogens with zero attached hydrogens (tertiary/aromatic N) is 2. The van der Waals surface area contributed by atoms with E-state index < -0.39 is 0 Å². The molecule has 6 heteroatoms. The lowest BCUT2D eigenvalue weighted by Crippen LogP contribution is -2.53. The highest BCUT2D eigenvalue weighted by Gasteiger charge is 2.34. The maximum atomic E-state index is 13.0. The average molecular weight is 550 g/mol. The molecule has 1 heterocycles. The number of likely N-dealkylation sites (tertiary alicyclic amines) is 1. The molecule has 0 aliphatic carbocycles. The van der Waals surface area contributed by atoms with Crippen molar-refractivity contribution in [2.24, 2.45) is 5.92 Å². The normalized spacial score (nSPS) is 18.9. The summed E-state index contributed by atoms with van der Waals surface area (Å²) in [6.45, 7) is 6.39. The molecular weight excluding hydrogens is 516 g/mol. The Morgan fingerprint density at radius 1 is 1.00 bits per heavy atom. The molecular formula is C30H33BrN2O3. The second-order valence-electron chi connectivity index (χ2n) is 9.36. The summed E-state index contributed by atoms with van der Waals surface area (Å²) in [5.41, 5.74) is 2.47. The summed E-state index contributed by atoms with van der Waals surface area (Å²) in [7, 11) is 0. The van der Waals surface area contributed by atoms with E-state index in [1.54, 1.807) is 12.1 Å². The van der Waals surface area contributed by atoms with Gasteiger partial charge in [-0.2, -0.15) is 0 Å². The summed E-state index contributed by atoms with van der Waals surface area (Å²) in [6, 6.07) is 27.2. The SMILES string of the molecule is CCC(=O)N(c1ccccc1)[C@H]1CCN(C[C@H](OC(=O)c2ccc(Br)cc2)c2ccccc2)C[C@H]1C. The highest BCUT2D eigenvalue weighted by molar-refractivity contribution is 9.10. The third kappa shape index (κ3) is 6.42. The van der Waals surface area contributed by atoms with Gasteiger partial charge < -0.3 is 9.64 Å². The number of piperidine rings is 1. The van der Waals surface area contributed by atoms with Gasteiger partial charge in [0.05, 0.1) is 5.56 Å². The van der Waals surface area contributed by atoms with E-state index >= 15 is 0 Å². The Morgan fingerprint density at radius 3 is 2.25 bits per heavy atom. The monoisotopic (exact) mass is 548 g/mol. The highest BCUT2D eigenvalue weighted by atomic mass is 79.9. The van der Waals surface area contributed by atoms with E-state index in [-0.39, 0.29) is 29.9 Å². The summed E-state index contributed by atoms with van der Waals surface area (Å²) in [5.74, 6) is 0.0910. The molecule has 0 aromatic heterocycles. The molecule has 1 amide bonds. The van der Waals surface area contributed by atoms with Crippen molar-refractivity contribution in [1.29, 1.82) is 0 Å². The van der Waals surface area contributed by atoms with Crippen LogP contribution in [0.25, 0.3) is 0 Å². The minimum Gasteiger partial charge on any atom is -0.453 e. The van der Waals surface area contributed by atoms with Gasteiger partial charge >= 0.3 is 5.97 Å². The number of anilines is 1. The molecule has 0 bridgehead atoms. The molecule has 3 aromatic rings. The highest BCUT2D eigenvalue weighted by Crippen LogP contribution is 2.30. The number of benzene rings is 3. The predicted octanol–water partition coefficient (Wildman–Crippen LogP) is 6.50. The number of carbonyl (C=O) groups excluding carboxylic acids is 2. The van der Waals surface area contributed by atoms with E-state index in [0.29, 0.717) is 18.5 Å². The van der Waals surface area contributed by atoms with E-state index in [0.717, 1.165) is 35.2 Å².